The van der Waals surface area contributed by atoms with Crippen LogP contribution in [-0.2, 0) is 11.2 Å². The van der Waals surface area contributed by atoms with E-state index in [1.54, 1.807) is 0 Å². The van der Waals surface area contributed by atoms with Crippen LogP contribution in [0.15, 0.2) is 30.3 Å². The van der Waals surface area contributed by atoms with Gasteiger partial charge in [0, 0.05) is 0 Å². The van der Waals surface area contributed by atoms with E-state index in [0.29, 0.717) is 6.42 Å². The molecule has 4 heteroatoms. The molecule has 2 N–H and O–H groups in total. The molecule has 1 aromatic carbocycles. The van der Waals surface area contributed by atoms with E-state index in [9.17, 15) is 9.90 Å². The number of nitriles is 1. The van der Waals surface area contributed by atoms with Gasteiger partial charge in [0.15, 0.2) is 0 Å². The van der Waals surface area contributed by atoms with Crippen LogP contribution in [0.1, 0.15) is 19.4 Å². The molecule has 0 bridgehead atoms. The van der Waals surface area contributed by atoms with Gasteiger partial charge in [0.2, 0.25) is 5.91 Å². The van der Waals surface area contributed by atoms with Gasteiger partial charge in [0.1, 0.15) is 5.92 Å². The molecule has 102 valence electrons. The maximum absolute atomic E-state index is 12.0. The average Bonchev–Trinajstić information content (AvgIpc) is 2.42. The lowest BCUT2D eigenvalue weighted by Crippen LogP contribution is -2.44. The summed E-state index contributed by atoms with van der Waals surface area (Å²) in [7, 11) is 0. The van der Waals surface area contributed by atoms with Gasteiger partial charge in [-0.15, -0.1) is 0 Å². The minimum Gasteiger partial charge on any atom is -0.394 e. The highest BCUT2D eigenvalue weighted by Gasteiger charge is 2.22. The first-order valence-corrected chi connectivity index (χ1v) is 6.43. The first kappa shape index (κ1) is 15.2. The van der Waals surface area contributed by atoms with Crippen molar-refractivity contribution in [2.75, 3.05) is 6.61 Å². The van der Waals surface area contributed by atoms with Crippen LogP contribution < -0.4 is 5.32 Å². The summed E-state index contributed by atoms with van der Waals surface area (Å²) in [4.78, 5) is 12.0. The van der Waals surface area contributed by atoms with E-state index in [-0.39, 0.29) is 24.5 Å². The summed E-state index contributed by atoms with van der Waals surface area (Å²) < 4.78 is 0. The Morgan fingerprint density at radius 2 is 2.00 bits per heavy atom. The Morgan fingerprint density at radius 3 is 2.47 bits per heavy atom. The molecular weight excluding hydrogens is 240 g/mol. The smallest absolute Gasteiger partial charge is 0.238 e. The number of nitrogens with zero attached hydrogens (tertiary/aromatic N) is 1. The number of carbonyl (C=O) groups excluding carboxylic acids is 1. The SMILES string of the molecule is CC(C)C(CO)NC(=O)C(C#N)Cc1ccccc1. The van der Waals surface area contributed by atoms with Crippen LogP contribution in [0.25, 0.3) is 0 Å². The summed E-state index contributed by atoms with van der Waals surface area (Å²) in [6.45, 7) is 3.71. The summed E-state index contributed by atoms with van der Waals surface area (Å²) in [5.41, 5.74) is 0.953. The highest BCUT2D eigenvalue weighted by molar-refractivity contribution is 5.81. The van der Waals surface area contributed by atoms with Crippen molar-refractivity contribution in [3.05, 3.63) is 35.9 Å². The van der Waals surface area contributed by atoms with Gasteiger partial charge >= 0.3 is 0 Å². The van der Waals surface area contributed by atoms with Crippen LogP contribution in [0.4, 0.5) is 0 Å². The third-order valence-corrected chi connectivity index (χ3v) is 3.08. The zero-order chi connectivity index (χ0) is 14.3. The molecule has 0 aromatic heterocycles. The number of amides is 1. The first-order chi connectivity index (χ1) is 9.08. The molecule has 1 aromatic rings. The second kappa shape index (κ2) is 7.55. The van der Waals surface area contributed by atoms with Gasteiger partial charge in [-0.05, 0) is 17.9 Å². The molecular formula is C15H20N2O2. The Labute approximate surface area is 114 Å². The second-order valence-corrected chi connectivity index (χ2v) is 4.91. The van der Waals surface area contributed by atoms with Crippen LogP contribution in [0.3, 0.4) is 0 Å². The molecule has 2 unspecified atom stereocenters. The van der Waals surface area contributed by atoms with Crippen molar-refractivity contribution in [3.8, 4) is 6.07 Å². The number of aliphatic hydroxyl groups is 1. The Bertz CT molecular complexity index is 437. The van der Waals surface area contributed by atoms with Crippen LogP contribution in [-0.4, -0.2) is 23.7 Å². The quantitative estimate of drug-likeness (QED) is 0.814. The lowest BCUT2D eigenvalue weighted by Gasteiger charge is -2.21. The number of hydrogen-bond donors (Lipinski definition) is 2. The van der Waals surface area contributed by atoms with Gasteiger partial charge in [-0.25, -0.2) is 0 Å². The van der Waals surface area contributed by atoms with E-state index in [2.05, 4.69) is 5.32 Å². The number of carbonyl (C=O) groups is 1. The topological polar surface area (TPSA) is 73.1 Å². The van der Waals surface area contributed by atoms with Gasteiger partial charge in [-0.3, -0.25) is 4.79 Å². The van der Waals surface area contributed by atoms with E-state index in [0.717, 1.165) is 5.56 Å². The molecule has 0 aliphatic carbocycles. The van der Waals surface area contributed by atoms with Crippen molar-refractivity contribution in [1.82, 2.24) is 5.32 Å². The van der Waals surface area contributed by atoms with E-state index in [1.165, 1.54) is 0 Å². The number of nitrogens with one attached hydrogen (secondary N) is 1. The maximum Gasteiger partial charge on any atom is 0.238 e. The molecule has 19 heavy (non-hydrogen) atoms. The molecule has 0 spiro atoms. The Hall–Kier alpha value is -1.86. The van der Waals surface area contributed by atoms with E-state index in [1.807, 2.05) is 50.2 Å². The molecule has 0 fully saturated rings. The predicted molar refractivity (Wildman–Crippen MR) is 73.1 cm³/mol. The van der Waals surface area contributed by atoms with Crippen molar-refractivity contribution < 1.29 is 9.90 Å². The van der Waals surface area contributed by atoms with Crippen molar-refractivity contribution in [2.24, 2.45) is 11.8 Å². The summed E-state index contributed by atoms with van der Waals surface area (Å²) in [6, 6.07) is 11.2. The number of benzene rings is 1. The fraction of sp³-hybridized carbons (Fsp3) is 0.467. The molecule has 0 aliphatic heterocycles. The van der Waals surface area contributed by atoms with Gasteiger partial charge in [0.25, 0.3) is 0 Å². The zero-order valence-corrected chi connectivity index (χ0v) is 11.3. The molecule has 0 heterocycles. The fourth-order valence-electron chi connectivity index (χ4n) is 1.75. The van der Waals surface area contributed by atoms with Crippen molar-refractivity contribution in [3.63, 3.8) is 0 Å². The van der Waals surface area contributed by atoms with Crippen LogP contribution >= 0.6 is 0 Å². The molecule has 1 rings (SSSR count). The zero-order valence-electron chi connectivity index (χ0n) is 11.3. The lowest BCUT2D eigenvalue weighted by molar-refractivity contribution is -0.124. The normalized spacial score (nSPS) is 13.6. The fourth-order valence-corrected chi connectivity index (χ4v) is 1.75. The standard InChI is InChI=1S/C15H20N2O2/c1-11(2)14(10-18)17-15(19)13(9-16)8-12-6-4-3-5-7-12/h3-7,11,13-14,18H,8,10H2,1-2H3,(H,17,19). The van der Waals surface area contributed by atoms with Gasteiger partial charge < -0.3 is 10.4 Å². The van der Waals surface area contributed by atoms with Gasteiger partial charge in [0.05, 0.1) is 18.7 Å². The average molecular weight is 260 g/mol. The third-order valence-electron chi connectivity index (χ3n) is 3.08. The number of aliphatic hydroxyl groups excluding tert-OH is 1. The van der Waals surface area contributed by atoms with Crippen molar-refractivity contribution in [1.29, 1.82) is 5.26 Å². The Balaban J connectivity index is 2.65. The second-order valence-electron chi connectivity index (χ2n) is 4.91. The van der Waals surface area contributed by atoms with Crippen molar-refractivity contribution in [2.45, 2.75) is 26.3 Å². The summed E-state index contributed by atoms with van der Waals surface area (Å²) in [6.07, 6.45) is 0.388. The summed E-state index contributed by atoms with van der Waals surface area (Å²) in [5, 5.41) is 21.0. The minimum absolute atomic E-state index is 0.118. The van der Waals surface area contributed by atoms with Gasteiger partial charge in [-0.1, -0.05) is 44.2 Å². The Morgan fingerprint density at radius 1 is 1.37 bits per heavy atom. The van der Waals surface area contributed by atoms with Crippen LogP contribution in [0.5, 0.6) is 0 Å². The third kappa shape index (κ3) is 4.72. The maximum atomic E-state index is 12.0. The molecule has 0 saturated heterocycles. The highest BCUT2D eigenvalue weighted by Crippen LogP contribution is 2.10. The Kier molecular flexibility index (Phi) is 6.04. The molecule has 2 atom stereocenters. The van der Waals surface area contributed by atoms with Crippen LogP contribution in [0, 0.1) is 23.2 Å². The highest BCUT2D eigenvalue weighted by atomic mass is 16.3. The summed E-state index contributed by atoms with van der Waals surface area (Å²) in [5.74, 6) is -0.917. The monoisotopic (exact) mass is 260 g/mol. The molecule has 0 saturated carbocycles. The number of rotatable bonds is 6. The van der Waals surface area contributed by atoms with Gasteiger partial charge in [-0.2, -0.15) is 5.26 Å². The summed E-state index contributed by atoms with van der Waals surface area (Å²) >= 11 is 0. The van der Waals surface area contributed by atoms with Crippen LogP contribution in [0.2, 0.25) is 0 Å². The largest absolute Gasteiger partial charge is 0.394 e. The molecule has 0 radical (unpaired) electrons. The van der Waals surface area contributed by atoms with E-state index < -0.39 is 5.92 Å². The van der Waals surface area contributed by atoms with E-state index >= 15 is 0 Å². The molecule has 4 nitrogen and oxygen atoms in total. The first-order valence-electron chi connectivity index (χ1n) is 6.43. The minimum atomic E-state index is -0.727. The van der Waals surface area contributed by atoms with Crippen molar-refractivity contribution >= 4 is 5.91 Å². The molecule has 1 amide bonds. The number of hydrogen-bond acceptors (Lipinski definition) is 3. The van der Waals surface area contributed by atoms with E-state index in [4.69, 9.17) is 5.26 Å². The lowest BCUT2D eigenvalue weighted by atomic mass is 9.98. The molecule has 0 aliphatic rings. The predicted octanol–water partition coefficient (Wildman–Crippen LogP) is 1.50.